The number of likely N-dealkylation sites (tertiary alicyclic amines) is 1. The number of aromatic nitrogens is 1. The standard InChI is InChI=1S/C18H27N3OS.2ClH/c1-12-13(2)23-16(20-12)14-4-3-9-21(11-14)17(22)15-10-18(15)5-7-19-8-6-18;;/h14-15,19H,3-11H2,1-2H3;2*1H. The van der Waals surface area contributed by atoms with Crippen LogP contribution in [0.5, 0.6) is 0 Å². The number of nitrogens with zero attached hydrogens (tertiary/aromatic N) is 2. The number of piperidine rings is 2. The second-order valence-electron chi connectivity index (χ2n) is 7.69. The lowest BCUT2D eigenvalue weighted by Gasteiger charge is -2.33. The second-order valence-corrected chi connectivity index (χ2v) is 8.92. The van der Waals surface area contributed by atoms with Gasteiger partial charge in [-0.25, -0.2) is 4.98 Å². The van der Waals surface area contributed by atoms with Crippen molar-refractivity contribution in [3.05, 3.63) is 15.6 Å². The molecule has 0 aromatic carbocycles. The van der Waals surface area contributed by atoms with Crippen molar-refractivity contribution in [2.45, 2.75) is 51.9 Å². The lowest BCUT2D eigenvalue weighted by molar-refractivity contribution is -0.134. The molecule has 2 saturated heterocycles. The number of hydrogen-bond acceptors (Lipinski definition) is 4. The van der Waals surface area contributed by atoms with Crippen LogP contribution in [0.15, 0.2) is 0 Å². The van der Waals surface area contributed by atoms with Gasteiger partial charge in [0.1, 0.15) is 0 Å². The van der Waals surface area contributed by atoms with Crippen molar-refractivity contribution >= 4 is 42.1 Å². The summed E-state index contributed by atoms with van der Waals surface area (Å²) in [5.41, 5.74) is 1.51. The van der Waals surface area contributed by atoms with Crippen LogP contribution in [-0.2, 0) is 4.79 Å². The fourth-order valence-corrected chi connectivity index (χ4v) is 5.49. The van der Waals surface area contributed by atoms with E-state index in [0.717, 1.165) is 44.7 Å². The number of carbonyl (C=O) groups is 1. The van der Waals surface area contributed by atoms with E-state index >= 15 is 0 Å². The van der Waals surface area contributed by atoms with Gasteiger partial charge in [-0.1, -0.05) is 0 Å². The van der Waals surface area contributed by atoms with Gasteiger partial charge in [0.2, 0.25) is 5.91 Å². The van der Waals surface area contributed by atoms with Gasteiger partial charge >= 0.3 is 0 Å². The van der Waals surface area contributed by atoms with Crippen molar-refractivity contribution in [3.8, 4) is 0 Å². The minimum atomic E-state index is 0. The van der Waals surface area contributed by atoms with Crippen LogP contribution in [-0.4, -0.2) is 42.0 Å². The molecule has 1 aromatic heterocycles. The zero-order valence-corrected chi connectivity index (χ0v) is 17.5. The molecule has 0 bridgehead atoms. The van der Waals surface area contributed by atoms with Gasteiger partial charge in [0.25, 0.3) is 0 Å². The predicted molar refractivity (Wildman–Crippen MR) is 107 cm³/mol. The number of nitrogens with one attached hydrogen (secondary N) is 1. The highest BCUT2D eigenvalue weighted by molar-refractivity contribution is 7.11. The molecule has 4 nitrogen and oxygen atoms in total. The van der Waals surface area contributed by atoms with Crippen LogP contribution in [0.2, 0.25) is 0 Å². The van der Waals surface area contributed by atoms with E-state index in [2.05, 4.69) is 24.1 Å². The summed E-state index contributed by atoms with van der Waals surface area (Å²) in [5, 5.41) is 4.66. The third-order valence-electron chi connectivity index (χ3n) is 6.21. The molecule has 142 valence electrons. The molecule has 1 aliphatic carbocycles. The topological polar surface area (TPSA) is 45.2 Å². The van der Waals surface area contributed by atoms with Crippen molar-refractivity contribution in [2.24, 2.45) is 11.3 Å². The SMILES string of the molecule is Cc1nc(C2CCCN(C(=O)C3CC34CCNCC4)C2)sc1C.Cl.Cl. The monoisotopic (exact) mass is 405 g/mol. The van der Waals surface area contributed by atoms with Crippen LogP contribution in [0.25, 0.3) is 0 Å². The van der Waals surface area contributed by atoms with E-state index in [9.17, 15) is 4.79 Å². The average molecular weight is 406 g/mol. The van der Waals surface area contributed by atoms with Gasteiger partial charge in [-0.05, 0) is 64.5 Å². The molecule has 3 heterocycles. The van der Waals surface area contributed by atoms with Gasteiger partial charge < -0.3 is 10.2 Å². The molecule has 2 unspecified atom stereocenters. The summed E-state index contributed by atoms with van der Waals surface area (Å²) in [6.07, 6.45) is 5.80. The van der Waals surface area contributed by atoms with E-state index in [4.69, 9.17) is 4.98 Å². The minimum Gasteiger partial charge on any atom is -0.342 e. The molecule has 1 saturated carbocycles. The van der Waals surface area contributed by atoms with E-state index in [1.54, 1.807) is 0 Å². The maximum Gasteiger partial charge on any atom is 0.226 e. The van der Waals surface area contributed by atoms with Crippen molar-refractivity contribution in [1.29, 1.82) is 0 Å². The first-order chi connectivity index (χ1) is 11.1. The highest BCUT2D eigenvalue weighted by Gasteiger charge is 2.58. The average Bonchev–Trinajstić information content (AvgIpc) is 3.15. The fraction of sp³-hybridized carbons (Fsp3) is 0.778. The van der Waals surface area contributed by atoms with E-state index in [1.165, 1.54) is 29.1 Å². The summed E-state index contributed by atoms with van der Waals surface area (Å²) in [5.74, 6) is 1.19. The van der Waals surface area contributed by atoms with Crippen LogP contribution < -0.4 is 5.32 Å². The van der Waals surface area contributed by atoms with E-state index in [1.807, 2.05) is 11.3 Å². The van der Waals surface area contributed by atoms with E-state index < -0.39 is 0 Å². The smallest absolute Gasteiger partial charge is 0.226 e. The van der Waals surface area contributed by atoms with Gasteiger partial charge in [0.15, 0.2) is 0 Å². The van der Waals surface area contributed by atoms with Gasteiger partial charge in [0.05, 0.1) is 10.7 Å². The Morgan fingerprint density at radius 1 is 1.28 bits per heavy atom. The number of halogens is 2. The predicted octanol–water partition coefficient (Wildman–Crippen LogP) is 3.70. The third-order valence-corrected chi connectivity index (χ3v) is 7.45. The zero-order chi connectivity index (χ0) is 16.0. The number of hydrogen-bond donors (Lipinski definition) is 1. The molecule has 7 heteroatoms. The Labute approximate surface area is 167 Å². The van der Waals surface area contributed by atoms with Crippen LogP contribution >= 0.6 is 36.2 Å². The molecular weight excluding hydrogens is 377 g/mol. The van der Waals surface area contributed by atoms with Crippen LogP contribution in [0.3, 0.4) is 0 Å². The molecule has 1 N–H and O–H groups in total. The number of thiazole rings is 1. The van der Waals surface area contributed by atoms with Gasteiger partial charge in [-0.3, -0.25) is 4.79 Å². The molecule has 2 atom stereocenters. The third kappa shape index (κ3) is 4.00. The molecule has 0 radical (unpaired) electrons. The Morgan fingerprint density at radius 3 is 2.64 bits per heavy atom. The van der Waals surface area contributed by atoms with E-state index in [-0.39, 0.29) is 24.8 Å². The lowest BCUT2D eigenvalue weighted by atomic mass is 9.91. The highest BCUT2D eigenvalue weighted by atomic mass is 35.5. The fourth-order valence-electron chi connectivity index (χ4n) is 4.45. The summed E-state index contributed by atoms with van der Waals surface area (Å²) in [4.78, 5) is 21.2. The number of carbonyl (C=O) groups excluding carboxylic acids is 1. The van der Waals surface area contributed by atoms with Crippen molar-refractivity contribution in [2.75, 3.05) is 26.2 Å². The summed E-state index contributed by atoms with van der Waals surface area (Å²) < 4.78 is 0. The number of amides is 1. The highest BCUT2D eigenvalue weighted by Crippen LogP contribution is 2.59. The molecule has 1 aromatic rings. The number of aryl methyl sites for hydroxylation is 2. The first-order valence-corrected chi connectivity index (χ1v) is 9.84. The molecule has 3 fully saturated rings. The summed E-state index contributed by atoms with van der Waals surface area (Å²) in [6, 6.07) is 0. The molecule has 25 heavy (non-hydrogen) atoms. The largest absolute Gasteiger partial charge is 0.342 e. The first kappa shape index (κ1) is 20.9. The van der Waals surface area contributed by atoms with Gasteiger partial charge in [-0.2, -0.15) is 0 Å². The molecule has 1 amide bonds. The molecule has 4 rings (SSSR count). The van der Waals surface area contributed by atoms with Crippen molar-refractivity contribution < 1.29 is 4.79 Å². The van der Waals surface area contributed by atoms with Crippen molar-refractivity contribution in [1.82, 2.24) is 15.2 Å². The molecular formula is C18H29Cl2N3OS. The summed E-state index contributed by atoms with van der Waals surface area (Å²) in [7, 11) is 0. The van der Waals surface area contributed by atoms with Crippen LogP contribution in [0, 0.1) is 25.2 Å². The molecule has 2 aliphatic heterocycles. The molecule has 3 aliphatic rings. The zero-order valence-electron chi connectivity index (χ0n) is 15.0. The normalized spacial score (nSPS) is 27.4. The van der Waals surface area contributed by atoms with Crippen LogP contribution in [0.4, 0.5) is 0 Å². The summed E-state index contributed by atoms with van der Waals surface area (Å²) >= 11 is 1.82. The Bertz CT molecular complexity index is 596. The maximum atomic E-state index is 13.0. The second kappa shape index (κ2) is 8.12. The molecule has 1 spiro atoms. The minimum absolute atomic E-state index is 0. The Hall–Kier alpha value is -0.360. The van der Waals surface area contributed by atoms with Crippen LogP contribution in [0.1, 0.15) is 53.6 Å². The maximum absolute atomic E-state index is 13.0. The van der Waals surface area contributed by atoms with Gasteiger partial charge in [-0.15, -0.1) is 36.2 Å². The Morgan fingerprint density at radius 2 is 2.00 bits per heavy atom. The van der Waals surface area contributed by atoms with E-state index in [0.29, 0.717) is 23.2 Å². The van der Waals surface area contributed by atoms with Crippen molar-refractivity contribution in [3.63, 3.8) is 0 Å². The first-order valence-electron chi connectivity index (χ1n) is 9.02. The lowest BCUT2D eigenvalue weighted by Crippen LogP contribution is -2.41. The quantitative estimate of drug-likeness (QED) is 0.815. The van der Waals surface area contributed by atoms with Gasteiger partial charge in [0, 0.05) is 29.8 Å². The Kier molecular flexibility index (Phi) is 6.80. The Balaban J connectivity index is 0.00000113. The summed E-state index contributed by atoms with van der Waals surface area (Å²) in [6.45, 7) is 8.24. The number of rotatable bonds is 2.